The number of aliphatic hydroxyl groups is 1. The van der Waals surface area contributed by atoms with Crippen molar-refractivity contribution in [2.24, 2.45) is 0 Å². The van der Waals surface area contributed by atoms with Crippen molar-refractivity contribution in [2.75, 3.05) is 33.8 Å². The molecule has 1 N–H and O–H groups in total. The molecule has 6 nitrogen and oxygen atoms in total. The minimum atomic E-state index is -0.650. The third-order valence-electron chi connectivity index (χ3n) is 4.85. The zero-order valence-electron chi connectivity index (χ0n) is 17.2. The Morgan fingerprint density at radius 3 is 2.60 bits per heavy atom. The van der Waals surface area contributed by atoms with Crippen LogP contribution in [0.2, 0.25) is 0 Å². The second-order valence-electron chi connectivity index (χ2n) is 7.29. The fourth-order valence-electron chi connectivity index (χ4n) is 3.43. The molecule has 7 heteroatoms. The number of ether oxygens (including phenoxy) is 1. The van der Waals surface area contributed by atoms with Gasteiger partial charge in [0.2, 0.25) is 0 Å². The van der Waals surface area contributed by atoms with E-state index in [4.69, 9.17) is 4.74 Å². The molecule has 0 saturated carbocycles. The van der Waals surface area contributed by atoms with E-state index in [1.54, 1.807) is 35.2 Å². The molecule has 3 rings (SSSR count). The van der Waals surface area contributed by atoms with Crippen LogP contribution in [0.15, 0.2) is 60.0 Å². The van der Waals surface area contributed by atoms with Crippen molar-refractivity contribution >= 4 is 28.8 Å². The van der Waals surface area contributed by atoms with Crippen LogP contribution in [0.5, 0.6) is 5.75 Å². The summed E-state index contributed by atoms with van der Waals surface area (Å²) in [6.45, 7) is 5.23. The number of Topliss-reactive ketones (excluding diaryl/α,β-unsaturated/α-hetero) is 1. The zero-order valence-corrected chi connectivity index (χ0v) is 18.0. The van der Waals surface area contributed by atoms with Gasteiger partial charge in [-0.2, -0.15) is 0 Å². The van der Waals surface area contributed by atoms with Gasteiger partial charge in [0.05, 0.1) is 11.6 Å². The lowest BCUT2D eigenvalue weighted by Crippen LogP contribution is -2.32. The van der Waals surface area contributed by atoms with Crippen molar-refractivity contribution in [3.05, 3.63) is 70.4 Å². The predicted octanol–water partition coefficient (Wildman–Crippen LogP) is 3.69. The zero-order chi connectivity index (χ0) is 21.7. The van der Waals surface area contributed by atoms with E-state index in [1.165, 1.54) is 11.3 Å². The Hall–Kier alpha value is -2.90. The Kier molecular flexibility index (Phi) is 7.07. The topological polar surface area (TPSA) is 70.1 Å². The number of ketones is 1. The van der Waals surface area contributed by atoms with Gasteiger partial charge in [0.15, 0.2) is 0 Å². The predicted molar refractivity (Wildman–Crippen MR) is 119 cm³/mol. The third-order valence-corrected chi connectivity index (χ3v) is 5.78. The van der Waals surface area contributed by atoms with E-state index in [0.29, 0.717) is 24.5 Å². The fourth-order valence-corrected chi connectivity index (χ4v) is 4.28. The summed E-state index contributed by atoms with van der Waals surface area (Å²) in [5.41, 5.74) is 0.598. The molecule has 2 aromatic rings. The molecule has 158 valence electrons. The monoisotopic (exact) mass is 426 g/mol. The lowest BCUT2D eigenvalue weighted by molar-refractivity contribution is -0.139. The van der Waals surface area contributed by atoms with E-state index in [9.17, 15) is 14.7 Å². The first-order valence-electron chi connectivity index (χ1n) is 9.74. The number of carbonyl (C=O) groups excluding carboxylic acids is 2. The number of hydrogen-bond acceptors (Lipinski definition) is 6. The summed E-state index contributed by atoms with van der Waals surface area (Å²) in [5, 5.41) is 12.9. The van der Waals surface area contributed by atoms with Crippen molar-refractivity contribution in [2.45, 2.75) is 12.5 Å². The van der Waals surface area contributed by atoms with E-state index in [0.717, 1.165) is 17.8 Å². The number of aliphatic hydroxyl groups excluding tert-OH is 1. The standard InChI is InChI=1S/C23H26N2O4S/c1-4-14-29-17-10-8-16(9-11-17)21(26)19-20(18-7-5-15-30-18)25(23(28)22(19)27)13-6-12-24(2)3/h4-5,7-11,15,20,26H,1,6,12-14H2,2-3H3/b21-19+/t20-/m1/s1. The molecule has 2 heterocycles. The van der Waals surface area contributed by atoms with Crippen LogP contribution in [0.4, 0.5) is 0 Å². The molecule has 1 aromatic heterocycles. The maximum absolute atomic E-state index is 12.9. The van der Waals surface area contributed by atoms with E-state index in [-0.39, 0.29) is 11.3 Å². The summed E-state index contributed by atoms with van der Waals surface area (Å²) in [6.07, 6.45) is 2.38. The van der Waals surface area contributed by atoms with Crippen LogP contribution < -0.4 is 4.74 Å². The van der Waals surface area contributed by atoms with Crippen LogP contribution in [-0.2, 0) is 9.59 Å². The van der Waals surface area contributed by atoms with E-state index >= 15 is 0 Å². The van der Waals surface area contributed by atoms with Gasteiger partial charge in [0.1, 0.15) is 18.1 Å². The normalized spacial score (nSPS) is 18.2. The molecule has 0 spiro atoms. The Labute approximate surface area is 180 Å². The van der Waals surface area contributed by atoms with Gasteiger partial charge in [-0.05, 0) is 62.8 Å². The van der Waals surface area contributed by atoms with Crippen LogP contribution in [0.3, 0.4) is 0 Å². The van der Waals surface area contributed by atoms with Crippen LogP contribution in [-0.4, -0.2) is 60.4 Å². The molecule has 1 atom stereocenters. The largest absolute Gasteiger partial charge is 0.507 e. The number of hydrogen-bond donors (Lipinski definition) is 1. The van der Waals surface area contributed by atoms with Crippen molar-refractivity contribution < 1.29 is 19.4 Å². The van der Waals surface area contributed by atoms with Crippen molar-refractivity contribution in [3.63, 3.8) is 0 Å². The highest BCUT2D eigenvalue weighted by Gasteiger charge is 2.46. The fraction of sp³-hybridized carbons (Fsp3) is 0.304. The number of likely N-dealkylation sites (tertiary alicyclic amines) is 1. The smallest absolute Gasteiger partial charge is 0.295 e. The second kappa shape index (κ2) is 9.73. The molecule has 0 unspecified atom stereocenters. The molecule has 30 heavy (non-hydrogen) atoms. The Morgan fingerprint density at radius 1 is 1.27 bits per heavy atom. The summed E-state index contributed by atoms with van der Waals surface area (Å²) in [7, 11) is 3.93. The summed E-state index contributed by atoms with van der Waals surface area (Å²) in [4.78, 5) is 30.2. The summed E-state index contributed by atoms with van der Waals surface area (Å²) in [5.74, 6) is -0.759. The number of rotatable bonds is 9. The highest BCUT2D eigenvalue weighted by atomic mass is 32.1. The van der Waals surface area contributed by atoms with Gasteiger partial charge < -0.3 is 19.6 Å². The highest BCUT2D eigenvalue weighted by Crippen LogP contribution is 2.41. The number of carbonyl (C=O) groups is 2. The first kappa shape index (κ1) is 21.8. The quantitative estimate of drug-likeness (QED) is 0.287. The SMILES string of the molecule is C=CCOc1ccc(/C(O)=C2\C(=O)C(=O)N(CCCN(C)C)[C@@H]2c2cccs2)cc1. The Morgan fingerprint density at radius 2 is 2.00 bits per heavy atom. The molecule has 1 fully saturated rings. The number of nitrogens with zero attached hydrogens (tertiary/aromatic N) is 2. The average Bonchev–Trinajstić information content (AvgIpc) is 3.34. The van der Waals surface area contributed by atoms with Gasteiger partial charge in [-0.25, -0.2) is 0 Å². The summed E-state index contributed by atoms with van der Waals surface area (Å²) < 4.78 is 5.47. The van der Waals surface area contributed by atoms with E-state index in [2.05, 4.69) is 6.58 Å². The van der Waals surface area contributed by atoms with Gasteiger partial charge in [-0.1, -0.05) is 18.7 Å². The molecule has 0 aliphatic carbocycles. The number of benzene rings is 1. The second-order valence-corrected chi connectivity index (χ2v) is 8.27. The van der Waals surface area contributed by atoms with Gasteiger partial charge in [-0.15, -0.1) is 11.3 Å². The molecular formula is C23H26N2O4S. The number of amides is 1. The molecule has 1 aliphatic heterocycles. The van der Waals surface area contributed by atoms with Gasteiger partial charge in [0, 0.05) is 17.0 Å². The maximum Gasteiger partial charge on any atom is 0.295 e. The van der Waals surface area contributed by atoms with Crippen LogP contribution in [0.25, 0.3) is 5.76 Å². The molecular weight excluding hydrogens is 400 g/mol. The highest BCUT2D eigenvalue weighted by molar-refractivity contribution is 7.10. The molecule has 1 aromatic carbocycles. The maximum atomic E-state index is 12.9. The molecule has 1 amide bonds. The van der Waals surface area contributed by atoms with Gasteiger partial charge >= 0.3 is 0 Å². The molecule has 1 saturated heterocycles. The first-order chi connectivity index (χ1) is 14.4. The minimum Gasteiger partial charge on any atom is -0.507 e. The van der Waals surface area contributed by atoms with Gasteiger partial charge in [-0.3, -0.25) is 9.59 Å². The van der Waals surface area contributed by atoms with Crippen molar-refractivity contribution in [1.29, 1.82) is 0 Å². The molecule has 0 radical (unpaired) electrons. The Balaban J connectivity index is 1.96. The van der Waals surface area contributed by atoms with E-state index in [1.807, 2.05) is 36.5 Å². The lowest BCUT2D eigenvalue weighted by Gasteiger charge is -2.24. The average molecular weight is 427 g/mol. The third kappa shape index (κ3) is 4.63. The lowest BCUT2D eigenvalue weighted by atomic mass is 10.00. The number of thiophene rings is 1. The minimum absolute atomic E-state index is 0.132. The Bertz CT molecular complexity index is 933. The van der Waals surface area contributed by atoms with Crippen LogP contribution in [0, 0.1) is 0 Å². The van der Waals surface area contributed by atoms with Crippen LogP contribution in [0.1, 0.15) is 22.9 Å². The molecule has 0 bridgehead atoms. The molecule has 1 aliphatic rings. The summed E-state index contributed by atoms with van der Waals surface area (Å²) >= 11 is 1.46. The van der Waals surface area contributed by atoms with E-state index < -0.39 is 17.7 Å². The van der Waals surface area contributed by atoms with Crippen LogP contribution >= 0.6 is 11.3 Å². The first-order valence-corrected chi connectivity index (χ1v) is 10.6. The summed E-state index contributed by atoms with van der Waals surface area (Å²) in [6, 6.07) is 9.98. The van der Waals surface area contributed by atoms with Crippen molar-refractivity contribution in [1.82, 2.24) is 9.80 Å². The van der Waals surface area contributed by atoms with Gasteiger partial charge in [0.25, 0.3) is 11.7 Å². The van der Waals surface area contributed by atoms with Crippen molar-refractivity contribution in [3.8, 4) is 5.75 Å².